The highest BCUT2D eigenvalue weighted by atomic mass is 16.5. The van der Waals surface area contributed by atoms with E-state index in [2.05, 4.69) is 39.1 Å². The number of aliphatic hydroxyl groups excluding tert-OH is 2. The Hall–Kier alpha value is -0.420. The van der Waals surface area contributed by atoms with Crippen molar-refractivity contribution in [1.82, 2.24) is 5.32 Å². The van der Waals surface area contributed by atoms with E-state index in [4.69, 9.17) is 4.74 Å². The van der Waals surface area contributed by atoms with Crippen LogP contribution in [0.25, 0.3) is 0 Å². The fourth-order valence-corrected chi connectivity index (χ4v) is 9.87. The topological polar surface area (TPSA) is 61.7 Å². The normalized spacial score (nSPS) is 60.7. The molecule has 2 saturated heterocycles. The van der Waals surface area contributed by atoms with Crippen LogP contribution in [0.2, 0.25) is 0 Å². The maximum Gasteiger partial charge on any atom is 0.122 e. The van der Waals surface area contributed by atoms with Gasteiger partial charge in [0.2, 0.25) is 0 Å². The van der Waals surface area contributed by atoms with Gasteiger partial charge in [0, 0.05) is 18.4 Å². The molecule has 12 atom stereocenters. The summed E-state index contributed by atoms with van der Waals surface area (Å²) in [5, 5.41) is 25.8. The second-order valence-electron chi connectivity index (χ2n) is 12.9. The van der Waals surface area contributed by atoms with Crippen LogP contribution in [0.15, 0.2) is 11.6 Å². The number of allylic oxidation sites excluding steroid dienone is 1. The van der Waals surface area contributed by atoms with Crippen LogP contribution in [0.3, 0.4) is 0 Å². The molecule has 3 N–H and O–H groups in total. The Balaban J connectivity index is 1.32. The van der Waals surface area contributed by atoms with Gasteiger partial charge in [-0.15, -0.1) is 0 Å². The van der Waals surface area contributed by atoms with E-state index in [0.29, 0.717) is 35.5 Å². The summed E-state index contributed by atoms with van der Waals surface area (Å²) in [5.74, 6) is 3.13. The zero-order valence-electron chi connectivity index (χ0n) is 19.9. The van der Waals surface area contributed by atoms with Crippen molar-refractivity contribution in [2.75, 3.05) is 6.54 Å². The summed E-state index contributed by atoms with van der Waals surface area (Å²) in [6.07, 6.45) is 10.7. The second kappa shape index (κ2) is 6.81. The smallest absolute Gasteiger partial charge is 0.122 e. The standard InChI is InChI=1S/C27H43NO3/c1-15-7-12-27(28-14-15)16(2)21-24(31-27)23(30)22-19-6-5-17-13-18(29)8-10-25(17,3)20(19)9-11-26(21,22)4/h5,15-16,18-24,28-30H,6-14H2,1-4H3. The Morgan fingerprint density at radius 2 is 1.84 bits per heavy atom. The Bertz CT molecular complexity index is 772. The average molecular weight is 430 g/mol. The molecule has 0 aromatic heterocycles. The van der Waals surface area contributed by atoms with Crippen molar-refractivity contribution in [1.29, 1.82) is 0 Å². The third-order valence-corrected chi connectivity index (χ3v) is 11.6. The van der Waals surface area contributed by atoms with Gasteiger partial charge < -0.3 is 14.9 Å². The van der Waals surface area contributed by atoms with Crippen LogP contribution < -0.4 is 5.32 Å². The predicted molar refractivity (Wildman–Crippen MR) is 121 cm³/mol. The molecule has 4 aliphatic carbocycles. The lowest BCUT2D eigenvalue weighted by Crippen LogP contribution is -2.58. The zero-order valence-corrected chi connectivity index (χ0v) is 19.9. The minimum Gasteiger partial charge on any atom is -0.393 e. The van der Waals surface area contributed by atoms with Gasteiger partial charge >= 0.3 is 0 Å². The van der Waals surface area contributed by atoms with Gasteiger partial charge in [-0.3, -0.25) is 5.32 Å². The summed E-state index contributed by atoms with van der Waals surface area (Å²) in [6, 6.07) is 0. The number of nitrogens with one attached hydrogen (secondary N) is 1. The molecule has 6 aliphatic rings. The number of rotatable bonds is 0. The summed E-state index contributed by atoms with van der Waals surface area (Å²) >= 11 is 0. The van der Waals surface area contributed by atoms with Gasteiger partial charge in [0.1, 0.15) is 5.72 Å². The molecule has 1 spiro atoms. The lowest BCUT2D eigenvalue weighted by molar-refractivity contribution is -0.152. The molecule has 0 amide bonds. The molecular formula is C27H43NO3. The van der Waals surface area contributed by atoms with Crippen molar-refractivity contribution in [2.45, 2.75) is 103 Å². The van der Waals surface area contributed by atoms with E-state index in [-0.39, 0.29) is 34.9 Å². The van der Waals surface area contributed by atoms with E-state index in [1.54, 1.807) is 0 Å². The number of hydrogen-bond donors (Lipinski definition) is 3. The Kier molecular flexibility index (Phi) is 4.64. The molecular weight excluding hydrogens is 386 g/mol. The second-order valence-corrected chi connectivity index (χ2v) is 12.9. The van der Waals surface area contributed by atoms with Gasteiger partial charge in [0.05, 0.1) is 18.3 Å². The molecule has 5 fully saturated rings. The lowest BCUT2D eigenvalue weighted by Gasteiger charge is -2.58. The summed E-state index contributed by atoms with van der Waals surface area (Å²) in [7, 11) is 0. The monoisotopic (exact) mass is 429 g/mol. The predicted octanol–water partition coefficient (Wildman–Crippen LogP) is 4.26. The summed E-state index contributed by atoms with van der Waals surface area (Å²) in [6.45, 7) is 10.7. The van der Waals surface area contributed by atoms with Crippen molar-refractivity contribution < 1.29 is 14.9 Å². The zero-order chi connectivity index (χ0) is 21.8. The Morgan fingerprint density at radius 1 is 1.03 bits per heavy atom. The van der Waals surface area contributed by atoms with Crippen LogP contribution in [0, 0.1) is 46.3 Å². The maximum absolute atomic E-state index is 11.8. The fourth-order valence-electron chi connectivity index (χ4n) is 9.87. The van der Waals surface area contributed by atoms with Crippen LogP contribution in [0.1, 0.15) is 79.1 Å². The first-order valence-corrected chi connectivity index (χ1v) is 13.2. The number of aliphatic hydroxyl groups is 2. The minimum absolute atomic E-state index is 0.0176. The molecule has 2 heterocycles. The van der Waals surface area contributed by atoms with Crippen LogP contribution in [-0.4, -0.2) is 40.8 Å². The SMILES string of the molecule is CC1CCC2(NC1)OC1C(O)C3C4CC=C5CC(O)CCC5(C)C4CCC3(C)C1C2C. The lowest BCUT2D eigenvalue weighted by atomic mass is 9.46. The summed E-state index contributed by atoms with van der Waals surface area (Å²) in [5.41, 5.74) is 1.66. The number of fused-ring (bicyclic) bond motifs is 7. The molecule has 3 saturated carbocycles. The summed E-state index contributed by atoms with van der Waals surface area (Å²) < 4.78 is 6.86. The fraction of sp³-hybridized carbons (Fsp3) is 0.926. The minimum atomic E-state index is -0.349. The largest absolute Gasteiger partial charge is 0.393 e. The van der Waals surface area contributed by atoms with E-state index in [9.17, 15) is 10.2 Å². The number of hydrogen-bond acceptors (Lipinski definition) is 4. The maximum atomic E-state index is 11.8. The van der Waals surface area contributed by atoms with Gasteiger partial charge in [0.25, 0.3) is 0 Å². The highest BCUT2D eigenvalue weighted by molar-refractivity contribution is 5.27. The van der Waals surface area contributed by atoms with Gasteiger partial charge in [0.15, 0.2) is 0 Å². The molecule has 12 unspecified atom stereocenters. The van der Waals surface area contributed by atoms with E-state index in [0.717, 1.165) is 38.6 Å². The Labute approximate surface area is 188 Å². The third kappa shape index (κ3) is 2.68. The van der Waals surface area contributed by atoms with Gasteiger partial charge in [-0.05, 0) is 85.9 Å². The molecule has 0 radical (unpaired) electrons. The highest BCUT2D eigenvalue weighted by Crippen LogP contribution is 2.70. The van der Waals surface area contributed by atoms with Crippen LogP contribution in [-0.2, 0) is 4.74 Å². The average Bonchev–Trinajstić information content (AvgIpc) is 3.14. The van der Waals surface area contributed by atoms with Gasteiger partial charge in [-0.1, -0.05) is 39.3 Å². The number of ether oxygens (including phenoxy) is 1. The van der Waals surface area contributed by atoms with Gasteiger partial charge in [-0.25, -0.2) is 0 Å². The number of piperidine rings is 1. The van der Waals surface area contributed by atoms with E-state index in [1.165, 1.54) is 24.8 Å². The quantitative estimate of drug-likeness (QED) is 0.504. The van der Waals surface area contributed by atoms with E-state index >= 15 is 0 Å². The van der Waals surface area contributed by atoms with Crippen molar-refractivity contribution in [3.63, 3.8) is 0 Å². The molecule has 2 aliphatic heterocycles. The molecule has 6 rings (SSSR count). The molecule has 0 bridgehead atoms. The first-order valence-electron chi connectivity index (χ1n) is 13.2. The molecule has 4 nitrogen and oxygen atoms in total. The Morgan fingerprint density at radius 3 is 2.58 bits per heavy atom. The van der Waals surface area contributed by atoms with Crippen molar-refractivity contribution in [3.05, 3.63) is 11.6 Å². The van der Waals surface area contributed by atoms with Crippen molar-refractivity contribution in [3.8, 4) is 0 Å². The summed E-state index contributed by atoms with van der Waals surface area (Å²) in [4.78, 5) is 0. The highest BCUT2D eigenvalue weighted by Gasteiger charge is 2.71. The molecule has 31 heavy (non-hydrogen) atoms. The third-order valence-electron chi connectivity index (χ3n) is 11.6. The van der Waals surface area contributed by atoms with Crippen molar-refractivity contribution in [2.24, 2.45) is 46.3 Å². The van der Waals surface area contributed by atoms with Crippen LogP contribution >= 0.6 is 0 Å². The molecule has 0 aromatic carbocycles. The first kappa shape index (κ1) is 21.1. The van der Waals surface area contributed by atoms with Crippen LogP contribution in [0.4, 0.5) is 0 Å². The van der Waals surface area contributed by atoms with Crippen LogP contribution in [0.5, 0.6) is 0 Å². The van der Waals surface area contributed by atoms with E-state index < -0.39 is 0 Å². The molecule has 4 heteroatoms. The van der Waals surface area contributed by atoms with Crippen molar-refractivity contribution >= 4 is 0 Å². The molecule has 0 aromatic rings. The molecule has 174 valence electrons. The van der Waals surface area contributed by atoms with Gasteiger partial charge in [-0.2, -0.15) is 0 Å². The van der Waals surface area contributed by atoms with E-state index in [1.807, 2.05) is 0 Å². The first-order chi connectivity index (χ1) is 14.7.